The van der Waals surface area contributed by atoms with E-state index in [-0.39, 0.29) is 11.0 Å². The van der Waals surface area contributed by atoms with Crippen LogP contribution in [0.3, 0.4) is 0 Å². The molecule has 2 aromatic rings. The van der Waals surface area contributed by atoms with Gasteiger partial charge in [-0.05, 0) is 30.7 Å². The lowest BCUT2D eigenvalue weighted by atomic mass is 10.3. The smallest absolute Gasteiger partial charge is 0.293 e. The third-order valence-electron chi connectivity index (χ3n) is 2.04. The molecular weight excluding hydrogens is 278 g/mol. The van der Waals surface area contributed by atoms with Crippen LogP contribution in [0, 0.1) is 0 Å². The largest absolute Gasteiger partial charge is 0.440 e. The topological polar surface area (TPSA) is 87.7 Å². The minimum absolute atomic E-state index is 0.101. The molecule has 0 aliphatic heterocycles. The van der Waals surface area contributed by atoms with Gasteiger partial charge >= 0.3 is 0 Å². The summed E-state index contributed by atoms with van der Waals surface area (Å²) in [7, 11) is 0. The number of oxime groups is 1. The average Bonchev–Trinajstić information content (AvgIpc) is 2.97. The average molecular weight is 286 g/mol. The van der Waals surface area contributed by atoms with Crippen molar-refractivity contribution in [3.63, 3.8) is 0 Å². The van der Waals surface area contributed by atoms with Gasteiger partial charge in [-0.2, -0.15) is 0 Å². The Morgan fingerprint density at radius 1 is 1.61 bits per heavy atom. The molecule has 2 heterocycles. The van der Waals surface area contributed by atoms with E-state index in [2.05, 4.69) is 15.5 Å². The Bertz CT molecular complexity index is 605. The third kappa shape index (κ3) is 2.69. The summed E-state index contributed by atoms with van der Waals surface area (Å²) in [4.78, 5) is 15.8. The second-order valence-electron chi connectivity index (χ2n) is 3.28. The van der Waals surface area contributed by atoms with Gasteiger partial charge < -0.3 is 9.62 Å². The van der Waals surface area contributed by atoms with E-state index < -0.39 is 5.91 Å². The molecule has 0 bridgehead atoms. The van der Waals surface area contributed by atoms with Crippen LogP contribution in [0.1, 0.15) is 23.2 Å². The zero-order chi connectivity index (χ0) is 13.1. The molecule has 0 saturated heterocycles. The van der Waals surface area contributed by atoms with Gasteiger partial charge in [0.05, 0.1) is 0 Å². The number of carbonyl (C=O) groups excluding carboxylic acids is 1. The molecular formula is C10H8ClN3O3S. The molecule has 1 amide bonds. The highest BCUT2D eigenvalue weighted by molar-refractivity contribution is 7.14. The number of halogens is 1. The standard InChI is InChI=1S/C10H8ClN3O3S/c1-5(14-16)6-4-18-10(12-6)13-9(15)7-2-3-8(11)17-7/h2-4,16H,1H3,(H,12,13,15)/b14-5-. The van der Waals surface area contributed by atoms with Crippen LogP contribution < -0.4 is 5.32 Å². The SMILES string of the molecule is C/C(=N/O)c1csc(NC(=O)c2ccc(Cl)o2)n1. The van der Waals surface area contributed by atoms with Crippen molar-refractivity contribution in [2.24, 2.45) is 5.16 Å². The molecule has 0 saturated carbocycles. The minimum atomic E-state index is -0.443. The zero-order valence-electron chi connectivity index (χ0n) is 9.18. The van der Waals surface area contributed by atoms with E-state index in [1.807, 2.05) is 0 Å². The van der Waals surface area contributed by atoms with Gasteiger partial charge in [0.2, 0.25) is 0 Å². The van der Waals surface area contributed by atoms with Crippen molar-refractivity contribution in [1.82, 2.24) is 4.98 Å². The van der Waals surface area contributed by atoms with Crippen molar-refractivity contribution in [1.29, 1.82) is 0 Å². The van der Waals surface area contributed by atoms with Crippen LogP contribution in [-0.2, 0) is 0 Å². The molecule has 0 spiro atoms. The molecule has 6 nitrogen and oxygen atoms in total. The highest BCUT2D eigenvalue weighted by Crippen LogP contribution is 2.19. The van der Waals surface area contributed by atoms with Gasteiger partial charge in [0, 0.05) is 5.38 Å². The van der Waals surface area contributed by atoms with Crippen LogP contribution in [0.4, 0.5) is 5.13 Å². The van der Waals surface area contributed by atoms with E-state index in [0.717, 1.165) is 0 Å². The molecule has 0 unspecified atom stereocenters. The number of hydrogen-bond acceptors (Lipinski definition) is 6. The van der Waals surface area contributed by atoms with Crippen LogP contribution >= 0.6 is 22.9 Å². The first-order valence-corrected chi connectivity index (χ1v) is 6.07. The van der Waals surface area contributed by atoms with Crippen LogP contribution in [0.2, 0.25) is 5.22 Å². The van der Waals surface area contributed by atoms with Gasteiger partial charge in [-0.3, -0.25) is 10.1 Å². The second kappa shape index (κ2) is 5.19. The summed E-state index contributed by atoms with van der Waals surface area (Å²) in [6, 6.07) is 2.94. The van der Waals surface area contributed by atoms with E-state index in [1.165, 1.54) is 23.5 Å². The van der Waals surface area contributed by atoms with Crippen LogP contribution in [-0.4, -0.2) is 21.8 Å². The maximum Gasteiger partial charge on any atom is 0.293 e. The summed E-state index contributed by atoms with van der Waals surface area (Å²) in [5, 5.41) is 16.4. The number of nitrogens with one attached hydrogen (secondary N) is 1. The van der Waals surface area contributed by atoms with Gasteiger partial charge in [-0.15, -0.1) is 11.3 Å². The third-order valence-corrected chi connectivity index (χ3v) is 3.00. The van der Waals surface area contributed by atoms with E-state index in [9.17, 15) is 4.79 Å². The number of hydrogen-bond donors (Lipinski definition) is 2. The van der Waals surface area contributed by atoms with Crippen molar-refractivity contribution >= 4 is 39.7 Å². The summed E-state index contributed by atoms with van der Waals surface area (Å²) < 4.78 is 4.96. The van der Waals surface area contributed by atoms with Gasteiger partial charge in [-0.25, -0.2) is 4.98 Å². The summed E-state index contributed by atoms with van der Waals surface area (Å²) >= 11 is 6.78. The van der Waals surface area contributed by atoms with Crippen molar-refractivity contribution in [2.75, 3.05) is 5.32 Å². The van der Waals surface area contributed by atoms with Crippen LogP contribution in [0.25, 0.3) is 0 Å². The Labute approximate surface area is 111 Å². The quantitative estimate of drug-likeness (QED) is 0.516. The Balaban J connectivity index is 2.10. The number of thiazole rings is 1. The number of aromatic nitrogens is 1. The predicted molar refractivity (Wildman–Crippen MR) is 67.8 cm³/mol. The summed E-state index contributed by atoms with van der Waals surface area (Å²) in [6.07, 6.45) is 0. The molecule has 0 radical (unpaired) electrons. The number of rotatable bonds is 3. The first-order valence-electron chi connectivity index (χ1n) is 4.81. The summed E-state index contributed by atoms with van der Waals surface area (Å²) in [6.45, 7) is 1.60. The zero-order valence-corrected chi connectivity index (χ0v) is 10.7. The summed E-state index contributed by atoms with van der Waals surface area (Å²) in [5.41, 5.74) is 0.864. The lowest BCUT2D eigenvalue weighted by Gasteiger charge is -1.97. The molecule has 8 heteroatoms. The van der Waals surface area contributed by atoms with Crippen molar-refractivity contribution in [3.8, 4) is 0 Å². The van der Waals surface area contributed by atoms with E-state index in [4.69, 9.17) is 21.2 Å². The van der Waals surface area contributed by atoms with Gasteiger partial charge in [-0.1, -0.05) is 5.16 Å². The number of furan rings is 1. The van der Waals surface area contributed by atoms with Gasteiger partial charge in [0.25, 0.3) is 5.91 Å². The predicted octanol–water partition coefficient (Wildman–Crippen LogP) is 2.84. The Morgan fingerprint density at radius 3 is 3.00 bits per heavy atom. The maximum absolute atomic E-state index is 11.7. The number of anilines is 1. The molecule has 2 rings (SSSR count). The first kappa shape index (κ1) is 12.6. The van der Waals surface area contributed by atoms with Crippen molar-refractivity contribution < 1.29 is 14.4 Å². The molecule has 0 aliphatic carbocycles. The molecule has 18 heavy (non-hydrogen) atoms. The molecule has 0 aliphatic rings. The first-order chi connectivity index (χ1) is 8.60. The lowest BCUT2D eigenvalue weighted by Crippen LogP contribution is -2.10. The summed E-state index contributed by atoms with van der Waals surface area (Å²) in [5.74, 6) is -0.342. The molecule has 2 N–H and O–H groups in total. The highest BCUT2D eigenvalue weighted by atomic mass is 35.5. The lowest BCUT2D eigenvalue weighted by molar-refractivity contribution is 0.0997. The van der Waals surface area contributed by atoms with Crippen LogP contribution in [0.15, 0.2) is 27.1 Å². The molecule has 0 aromatic carbocycles. The minimum Gasteiger partial charge on any atom is -0.440 e. The van der Waals surface area contributed by atoms with E-state index in [0.29, 0.717) is 16.5 Å². The fraction of sp³-hybridized carbons (Fsp3) is 0.100. The molecule has 0 atom stereocenters. The molecule has 2 aromatic heterocycles. The fourth-order valence-electron chi connectivity index (χ4n) is 1.14. The van der Waals surface area contributed by atoms with Crippen LogP contribution in [0.5, 0.6) is 0 Å². The second-order valence-corrected chi connectivity index (χ2v) is 4.51. The van der Waals surface area contributed by atoms with Gasteiger partial charge in [0.1, 0.15) is 11.4 Å². The monoisotopic (exact) mass is 285 g/mol. The Hall–Kier alpha value is -1.86. The van der Waals surface area contributed by atoms with Crippen molar-refractivity contribution in [3.05, 3.63) is 34.2 Å². The Morgan fingerprint density at radius 2 is 2.39 bits per heavy atom. The number of amides is 1. The normalized spacial score (nSPS) is 11.6. The van der Waals surface area contributed by atoms with E-state index >= 15 is 0 Å². The number of carbonyl (C=O) groups is 1. The molecule has 94 valence electrons. The maximum atomic E-state index is 11.7. The Kier molecular flexibility index (Phi) is 3.63. The van der Waals surface area contributed by atoms with Crippen molar-refractivity contribution in [2.45, 2.75) is 6.92 Å². The fourth-order valence-corrected chi connectivity index (χ4v) is 2.04. The van der Waals surface area contributed by atoms with Gasteiger partial charge in [0.15, 0.2) is 16.1 Å². The highest BCUT2D eigenvalue weighted by Gasteiger charge is 2.13. The molecule has 0 fully saturated rings. The van der Waals surface area contributed by atoms with E-state index in [1.54, 1.807) is 12.3 Å². The number of nitrogens with zero attached hydrogens (tertiary/aromatic N) is 2.